The Morgan fingerprint density at radius 1 is 1.22 bits per heavy atom. The monoisotopic (exact) mass is 350 g/mol. The zero-order chi connectivity index (χ0) is 17.0. The number of aryl methyl sites for hydroxylation is 1. The van der Waals surface area contributed by atoms with Crippen molar-refractivity contribution in [3.8, 4) is 0 Å². The lowest BCUT2D eigenvalue weighted by Gasteiger charge is -2.06. The molecule has 0 heterocycles. The van der Waals surface area contributed by atoms with Crippen LogP contribution < -0.4 is 5.32 Å². The number of non-ortho nitro benzene ring substituents is 1. The van der Waals surface area contributed by atoms with Crippen LogP contribution in [0.5, 0.6) is 0 Å². The van der Waals surface area contributed by atoms with Crippen molar-refractivity contribution in [1.29, 1.82) is 0 Å². The predicted molar refractivity (Wildman–Crippen MR) is 92.0 cm³/mol. The summed E-state index contributed by atoms with van der Waals surface area (Å²) >= 11 is 12.0. The number of benzene rings is 2. The minimum atomic E-state index is -0.519. The van der Waals surface area contributed by atoms with E-state index in [1.54, 1.807) is 31.2 Å². The maximum Gasteiger partial charge on any atom is 0.271 e. The molecule has 0 saturated heterocycles. The fraction of sp³-hybridized carbons (Fsp3) is 0.0625. The predicted octanol–water partition coefficient (Wildman–Crippen LogP) is 4.86. The summed E-state index contributed by atoms with van der Waals surface area (Å²) < 4.78 is 0. The van der Waals surface area contributed by atoms with E-state index >= 15 is 0 Å². The van der Waals surface area contributed by atoms with Crippen LogP contribution >= 0.6 is 23.2 Å². The second-order valence-corrected chi connectivity index (χ2v) is 5.53. The van der Waals surface area contributed by atoms with Crippen LogP contribution in [0.25, 0.3) is 6.08 Å². The van der Waals surface area contributed by atoms with E-state index in [-0.39, 0.29) is 5.69 Å². The first-order valence-electron chi connectivity index (χ1n) is 6.56. The van der Waals surface area contributed by atoms with Crippen LogP contribution in [-0.4, -0.2) is 10.8 Å². The summed E-state index contributed by atoms with van der Waals surface area (Å²) in [6, 6.07) is 9.29. The molecule has 118 valence electrons. The highest BCUT2D eigenvalue weighted by molar-refractivity contribution is 6.37. The average Bonchev–Trinajstić information content (AvgIpc) is 2.48. The molecule has 0 aromatic heterocycles. The van der Waals surface area contributed by atoms with Crippen LogP contribution in [0.2, 0.25) is 10.0 Å². The molecule has 0 saturated carbocycles. The maximum absolute atomic E-state index is 12.0. The fourth-order valence-electron chi connectivity index (χ4n) is 1.86. The SMILES string of the molecule is Cc1ccc([N+](=O)[O-])cc1NC(=O)/C=C\c1c(Cl)cccc1Cl. The number of amides is 1. The first kappa shape index (κ1) is 17.0. The summed E-state index contributed by atoms with van der Waals surface area (Å²) in [5.41, 5.74) is 1.53. The van der Waals surface area contributed by atoms with Crippen molar-refractivity contribution in [2.75, 3.05) is 5.32 Å². The van der Waals surface area contributed by atoms with Gasteiger partial charge in [-0.3, -0.25) is 14.9 Å². The molecular weight excluding hydrogens is 339 g/mol. The highest BCUT2D eigenvalue weighted by Crippen LogP contribution is 2.26. The number of anilines is 1. The molecule has 0 aliphatic heterocycles. The van der Waals surface area contributed by atoms with Gasteiger partial charge in [-0.15, -0.1) is 0 Å². The van der Waals surface area contributed by atoms with Gasteiger partial charge in [-0.05, 0) is 30.7 Å². The van der Waals surface area contributed by atoms with Crippen LogP contribution in [-0.2, 0) is 4.79 Å². The number of hydrogen-bond acceptors (Lipinski definition) is 3. The van der Waals surface area contributed by atoms with Crippen molar-refractivity contribution < 1.29 is 9.72 Å². The number of hydrogen-bond donors (Lipinski definition) is 1. The lowest BCUT2D eigenvalue weighted by atomic mass is 10.1. The van der Waals surface area contributed by atoms with E-state index in [0.717, 1.165) is 0 Å². The molecule has 7 heteroatoms. The standard InChI is InChI=1S/C16H12Cl2N2O3/c1-10-5-6-11(20(22)23)9-15(10)19-16(21)8-7-12-13(17)3-2-4-14(12)18/h2-9H,1H3,(H,19,21)/b8-7-. The molecule has 0 atom stereocenters. The van der Waals surface area contributed by atoms with E-state index in [1.165, 1.54) is 24.3 Å². The summed E-state index contributed by atoms with van der Waals surface area (Å²) in [5, 5.41) is 14.2. The third kappa shape index (κ3) is 4.31. The molecule has 0 bridgehead atoms. The minimum Gasteiger partial charge on any atom is -0.322 e. The number of nitrogens with one attached hydrogen (secondary N) is 1. The van der Waals surface area contributed by atoms with Crippen molar-refractivity contribution in [3.05, 3.63) is 73.8 Å². The first-order chi connectivity index (χ1) is 10.9. The molecule has 0 radical (unpaired) electrons. The molecule has 1 N–H and O–H groups in total. The molecule has 0 spiro atoms. The Balaban J connectivity index is 2.18. The van der Waals surface area contributed by atoms with Gasteiger partial charge in [0.15, 0.2) is 0 Å². The number of carbonyl (C=O) groups is 1. The van der Waals surface area contributed by atoms with E-state index in [1.807, 2.05) is 0 Å². The molecule has 0 unspecified atom stereocenters. The summed E-state index contributed by atoms with van der Waals surface area (Å²) in [4.78, 5) is 22.3. The lowest BCUT2D eigenvalue weighted by molar-refractivity contribution is -0.384. The third-order valence-corrected chi connectivity index (χ3v) is 3.75. The Morgan fingerprint density at radius 3 is 2.48 bits per heavy atom. The number of nitrogens with zero attached hydrogens (tertiary/aromatic N) is 1. The molecule has 1 amide bonds. The molecule has 23 heavy (non-hydrogen) atoms. The molecular formula is C16H12Cl2N2O3. The molecule has 2 rings (SSSR count). The largest absolute Gasteiger partial charge is 0.322 e. The number of halogens is 2. The highest BCUT2D eigenvalue weighted by Gasteiger charge is 2.10. The van der Waals surface area contributed by atoms with Gasteiger partial charge >= 0.3 is 0 Å². The topological polar surface area (TPSA) is 72.2 Å². The van der Waals surface area contributed by atoms with Crippen LogP contribution in [0.4, 0.5) is 11.4 Å². The summed E-state index contributed by atoms with van der Waals surface area (Å²) in [7, 11) is 0. The van der Waals surface area contributed by atoms with Crippen molar-refractivity contribution in [2.24, 2.45) is 0 Å². The van der Waals surface area contributed by atoms with Gasteiger partial charge in [-0.2, -0.15) is 0 Å². The Kier molecular flexibility index (Phi) is 5.36. The lowest BCUT2D eigenvalue weighted by Crippen LogP contribution is -2.09. The van der Waals surface area contributed by atoms with Gasteiger partial charge in [0.2, 0.25) is 5.91 Å². The maximum atomic E-state index is 12.0. The smallest absolute Gasteiger partial charge is 0.271 e. The van der Waals surface area contributed by atoms with Gasteiger partial charge in [0.1, 0.15) is 0 Å². The zero-order valence-electron chi connectivity index (χ0n) is 12.0. The Bertz CT molecular complexity index is 784. The molecule has 0 aliphatic rings. The summed E-state index contributed by atoms with van der Waals surface area (Å²) in [6.45, 7) is 1.74. The van der Waals surface area contributed by atoms with Crippen LogP contribution in [0.1, 0.15) is 11.1 Å². The number of carbonyl (C=O) groups excluding carboxylic acids is 1. The summed E-state index contributed by atoms with van der Waals surface area (Å²) in [6.07, 6.45) is 2.76. The Hall–Kier alpha value is -2.37. The normalized spacial score (nSPS) is 10.7. The van der Waals surface area contributed by atoms with Crippen LogP contribution in [0.3, 0.4) is 0 Å². The van der Waals surface area contributed by atoms with Crippen molar-refractivity contribution >= 4 is 46.6 Å². The highest BCUT2D eigenvalue weighted by atomic mass is 35.5. The molecule has 5 nitrogen and oxygen atoms in total. The van der Waals surface area contributed by atoms with Crippen LogP contribution in [0, 0.1) is 17.0 Å². The van der Waals surface area contributed by atoms with E-state index in [4.69, 9.17) is 23.2 Å². The van der Waals surface area contributed by atoms with Gasteiger partial charge in [-0.25, -0.2) is 0 Å². The molecule has 0 fully saturated rings. The minimum absolute atomic E-state index is 0.0935. The molecule has 2 aromatic rings. The number of rotatable bonds is 4. The van der Waals surface area contributed by atoms with Crippen molar-refractivity contribution in [3.63, 3.8) is 0 Å². The van der Waals surface area contributed by atoms with E-state index in [9.17, 15) is 14.9 Å². The van der Waals surface area contributed by atoms with Gasteiger partial charge in [-0.1, -0.05) is 35.3 Å². The van der Waals surface area contributed by atoms with Crippen molar-refractivity contribution in [2.45, 2.75) is 6.92 Å². The number of nitro benzene ring substituents is 1. The Morgan fingerprint density at radius 2 is 1.87 bits per heavy atom. The van der Waals surface area contributed by atoms with Crippen LogP contribution in [0.15, 0.2) is 42.5 Å². The molecule has 0 aliphatic carbocycles. The van der Waals surface area contributed by atoms with E-state index < -0.39 is 10.8 Å². The quantitative estimate of drug-likeness (QED) is 0.486. The summed E-state index contributed by atoms with van der Waals surface area (Å²) in [5.74, 6) is -0.440. The zero-order valence-corrected chi connectivity index (χ0v) is 13.6. The van der Waals surface area contributed by atoms with Gasteiger partial charge in [0.25, 0.3) is 5.69 Å². The van der Waals surface area contributed by atoms with Gasteiger partial charge in [0.05, 0.1) is 10.6 Å². The fourth-order valence-corrected chi connectivity index (χ4v) is 2.39. The van der Waals surface area contributed by atoms with Gasteiger partial charge < -0.3 is 5.32 Å². The van der Waals surface area contributed by atoms with Crippen molar-refractivity contribution in [1.82, 2.24) is 0 Å². The van der Waals surface area contributed by atoms with Gasteiger partial charge in [0, 0.05) is 33.8 Å². The molecule has 2 aromatic carbocycles. The third-order valence-electron chi connectivity index (χ3n) is 3.09. The van der Waals surface area contributed by atoms with E-state index in [0.29, 0.717) is 26.9 Å². The average molecular weight is 351 g/mol. The second kappa shape index (κ2) is 7.26. The first-order valence-corrected chi connectivity index (χ1v) is 7.32. The Labute approximate surface area is 142 Å². The van der Waals surface area contributed by atoms with E-state index in [2.05, 4.69) is 5.32 Å². The second-order valence-electron chi connectivity index (χ2n) is 4.71. The number of nitro groups is 1.